The molecule has 100 valence electrons. The first-order valence-electron chi connectivity index (χ1n) is 5.90. The van der Waals surface area contributed by atoms with Crippen LogP contribution in [0.15, 0.2) is 36.4 Å². The Kier molecular flexibility index (Phi) is 4.17. The molecule has 4 heteroatoms. The van der Waals surface area contributed by atoms with Gasteiger partial charge in [0.15, 0.2) is 0 Å². The molecular weight excluding hydrogens is 268 g/mol. The molecule has 0 aliphatic rings. The average Bonchev–Trinajstić information content (AvgIpc) is 2.33. The van der Waals surface area contributed by atoms with Crippen molar-refractivity contribution >= 4 is 11.6 Å². The highest BCUT2D eigenvalue weighted by Gasteiger charge is 2.15. The molecule has 1 N–H and O–H groups in total. The van der Waals surface area contributed by atoms with Gasteiger partial charge in [-0.25, -0.2) is 8.78 Å². The Hall–Kier alpha value is -1.45. The molecule has 2 aromatic rings. The van der Waals surface area contributed by atoms with Crippen LogP contribution in [-0.4, -0.2) is 7.05 Å². The van der Waals surface area contributed by atoms with Crippen LogP contribution in [-0.2, 0) is 0 Å². The van der Waals surface area contributed by atoms with Gasteiger partial charge in [0.25, 0.3) is 0 Å². The maximum absolute atomic E-state index is 13.3. The van der Waals surface area contributed by atoms with Crippen molar-refractivity contribution in [1.29, 1.82) is 0 Å². The molecule has 0 saturated carbocycles. The Morgan fingerprint density at radius 2 is 1.63 bits per heavy atom. The van der Waals surface area contributed by atoms with E-state index >= 15 is 0 Å². The summed E-state index contributed by atoms with van der Waals surface area (Å²) in [4.78, 5) is 0. The Balaban J connectivity index is 2.46. The summed E-state index contributed by atoms with van der Waals surface area (Å²) in [6, 6.07) is 8.78. The van der Waals surface area contributed by atoms with Gasteiger partial charge in [-0.1, -0.05) is 23.7 Å². The van der Waals surface area contributed by atoms with Crippen molar-refractivity contribution in [3.63, 3.8) is 0 Å². The van der Waals surface area contributed by atoms with E-state index in [-0.39, 0.29) is 6.04 Å². The highest BCUT2D eigenvalue weighted by atomic mass is 35.5. The van der Waals surface area contributed by atoms with E-state index in [2.05, 4.69) is 5.32 Å². The zero-order valence-corrected chi connectivity index (χ0v) is 11.4. The van der Waals surface area contributed by atoms with Gasteiger partial charge in [0.1, 0.15) is 11.6 Å². The molecule has 2 rings (SSSR count). The zero-order valence-electron chi connectivity index (χ0n) is 10.7. The lowest BCUT2D eigenvalue weighted by Crippen LogP contribution is -2.18. The van der Waals surface area contributed by atoms with Crippen molar-refractivity contribution in [2.45, 2.75) is 13.0 Å². The van der Waals surface area contributed by atoms with E-state index in [0.29, 0.717) is 10.6 Å². The topological polar surface area (TPSA) is 12.0 Å². The summed E-state index contributed by atoms with van der Waals surface area (Å²) < 4.78 is 26.6. The second-order valence-corrected chi connectivity index (χ2v) is 4.84. The number of halogens is 3. The molecule has 0 fully saturated rings. The second-order valence-electron chi connectivity index (χ2n) is 4.43. The van der Waals surface area contributed by atoms with Crippen molar-refractivity contribution in [3.8, 4) is 0 Å². The van der Waals surface area contributed by atoms with Crippen LogP contribution in [0.4, 0.5) is 8.78 Å². The van der Waals surface area contributed by atoms with Crippen molar-refractivity contribution < 1.29 is 8.78 Å². The molecule has 0 aromatic heterocycles. The molecule has 0 aliphatic heterocycles. The number of benzene rings is 2. The minimum absolute atomic E-state index is 0.303. The quantitative estimate of drug-likeness (QED) is 0.887. The van der Waals surface area contributed by atoms with E-state index in [1.807, 2.05) is 19.1 Å². The maximum Gasteiger partial charge on any atom is 0.126 e. The Bertz CT molecular complexity index is 578. The van der Waals surface area contributed by atoms with E-state index in [1.54, 1.807) is 13.1 Å². The van der Waals surface area contributed by atoms with E-state index < -0.39 is 11.6 Å². The van der Waals surface area contributed by atoms with Crippen LogP contribution >= 0.6 is 11.6 Å². The van der Waals surface area contributed by atoms with E-state index in [4.69, 9.17) is 11.6 Å². The molecule has 0 aliphatic carbocycles. The number of hydrogen-bond acceptors (Lipinski definition) is 1. The number of nitrogens with one attached hydrogen (secondary N) is 1. The van der Waals surface area contributed by atoms with Crippen molar-refractivity contribution in [1.82, 2.24) is 5.32 Å². The molecule has 2 aromatic carbocycles. The summed E-state index contributed by atoms with van der Waals surface area (Å²) in [7, 11) is 1.74. The van der Waals surface area contributed by atoms with Gasteiger partial charge in [0.05, 0.1) is 6.04 Å². The third kappa shape index (κ3) is 3.11. The fraction of sp³-hybridized carbons (Fsp3) is 0.200. The molecule has 0 saturated heterocycles. The SMILES string of the molecule is CNC(c1cc(F)cc(F)c1)c1ccc(C)c(Cl)c1. The van der Waals surface area contributed by atoms with E-state index in [1.165, 1.54) is 12.1 Å². The first-order valence-corrected chi connectivity index (χ1v) is 6.28. The fourth-order valence-corrected chi connectivity index (χ4v) is 2.25. The molecule has 0 heterocycles. The van der Waals surface area contributed by atoms with Crippen molar-refractivity contribution in [2.24, 2.45) is 0 Å². The molecule has 0 radical (unpaired) electrons. The number of hydrogen-bond donors (Lipinski definition) is 1. The maximum atomic E-state index is 13.3. The number of rotatable bonds is 3. The normalized spacial score (nSPS) is 12.5. The highest BCUT2D eigenvalue weighted by Crippen LogP contribution is 2.27. The Morgan fingerprint density at radius 3 is 2.16 bits per heavy atom. The van der Waals surface area contributed by atoms with Gasteiger partial charge in [-0.05, 0) is 48.9 Å². The lowest BCUT2D eigenvalue weighted by Gasteiger charge is -2.18. The summed E-state index contributed by atoms with van der Waals surface area (Å²) in [5, 5.41) is 3.68. The first-order chi connectivity index (χ1) is 9.01. The predicted molar refractivity (Wildman–Crippen MR) is 73.4 cm³/mol. The molecule has 0 amide bonds. The molecule has 0 bridgehead atoms. The summed E-state index contributed by atoms with van der Waals surface area (Å²) in [6.07, 6.45) is 0. The summed E-state index contributed by atoms with van der Waals surface area (Å²) >= 11 is 6.09. The summed E-state index contributed by atoms with van der Waals surface area (Å²) in [5.41, 5.74) is 2.36. The molecule has 1 unspecified atom stereocenters. The highest BCUT2D eigenvalue weighted by molar-refractivity contribution is 6.31. The number of aryl methyl sites for hydroxylation is 1. The molecule has 1 nitrogen and oxygen atoms in total. The minimum atomic E-state index is -0.589. The smallest absolute Gasteiger partial charge is 0.126 e. The van der Waals surface area contributed by atoms with Crippen LogP contribution < -0.4 is 5.32 Å². The largest absolute Gasteiger partial charge is 0.309 e. The van der Waals surface area contributed by atoms with Gasteiger partial charge in [-0.15, -0.1) is 0 Å². The van der Waals surface area contributed by atoms with Crippen LogP contribution in [0.2, 0.25) is 5.02 Å². The summed E-state index contributed by atoms with van der Waals surface area (Å²) in [5.74, 6) is -1.18. The van der Waals surface area contributed by atoms with Gasteiger partial charge in [-0.3, -0.25) is 0 Å². The Morgan fingerprint density at radius 1 is 1.00 bits per heavy atom. The van der Waals surface area contributed by atoms with Crippen LogP contribution in [0.25, 0.3) is 0 Å². The lowest BCUT2D eigenvalue weighted by molar-refractivity contribution is 0.571. The van der Waals surface area contributed by atoms with Crippen LogP contribution in [0.3, 0.4) is 0 Å². The van der Waals surface area contributed by atoms with Gasteiger partial charge in [0.2, 0.25) is 0 Å². The van der Waals surface area contributed by atoms with Gasteiger partial charge in [0, 0.05) is 11.1 Å². The third-order valence-corrected chi connectivity index (χ3v) is 3.44. The van der Waals surface area contributed by atoms with Gasteiger partial charge >= 0.3 is 0 Å². The standard InChI is InChI=1S/C15H14ClF2N/c1-9-3-4-10(7-14(9)16)15(19-2)11-5-12(17)8-13(18)6-11/h3-8,15,19H,1-2H3. The van der Waals surface area contributed by atoms with E-state index in [0.717, 1.165) is 17.2 Å². The zero-order chi connectivity index (χ0) is 14.0. The van der Waals surface area contributed by atoms with E-state index in [9.17, 15) is 8.78 Å². The molecule has 1 atom stereocenters. The van der Waals surface area contributed by atoms with Crippen LogP contribution in [0.1, 0.15) is 22.7 Å². The van der Waals surface area contributed by atoms with Crippen molar-refractivity contribution in [3.05, 3.63) is 69.7 Å². The van der Waals surface area contributed by atoms with Crippen LogP contribution in [0, 0.1) is 18.6 Å². The molecular formula is C15H14ClF2N. The van der Waals surface area contributed by atoms with Gasteiger partial charge in [-0.2, -0.15) is 0 Å². The Labute approximate surface area is 116 Å². The third-order valence-electron chi connectivity index (χ3n) is 3.04. The monoisotopic (exact) mass is 281 g/mol. The molecule has 0 spiro atoms. The first kappa shape index (κ1) is 14.0. The fourth-order valence-electron chi connectivity index (χ4n) is 2.06. The van der Waals surface area contributed by atoms with Crippen LogP contribution in [0.5, 0.6) is 0 Å². The molecule has 19 heavy (non-hydrogen) atoms. The lowest BCUT2D eigenvalue weighted by atomic mass is 9.98. The average molecular weight is 282 g/mol. The second kappa shape index (κ2) is 5.68. The van der Waals surface area contributed by atoms with Crippen molar-refractivity contribution in [2.75, 3.05) is 7.05 Å². The predicted octanol–water partition coefficient (Wildman–Crippen LogP) is 4.24. The summed E-state index contributed by atoms with van der Waals surface area (Å²) in [6.45, 7) is 1.91. The minimum Gasteiger partial charge on any atom is -0.309 e. The van der Waals surface area contributed by atoms with Gasteiger partial charge < -0.3 is 5.32 Å².